The van der Waals surface area contributed by atoms with E-state index in [9.17, 15) is 9.90 Å². The lowest BCUT2D eigenvalue weighted by molar-refractivity contribution is 0.0918. The molecule has 0 unspecified atom stereocenters. The van der Waals surface area contributed by atoms with E-state index in [4.69, 9.17) is 0 Å². The van der Waals surface area contributed by atoms with Crippen molar-refractivity contribution < 1.29 is 9.90 Å². The molecule has 0 aliphatic carbocycles. The van der Waals surface area contributed by atoms with Crippen LogP contribution in [0.3, 0.4) is 0 Å². The average molecular weight is 199 g/mol. The summed E-state index contributed by atoms with van der Waals surface area (Å²) in [5.74, 6) is -0.649. The fourth-order valence-corrected chi connectivity index (χ4v) is 1.32. The Morgan fingerprint density at radius 1 is 1.54 bits per heavy atom. The molecular weight excluding hydrogens is 188 g/mol. The van der Waals surface area contributed by atoms with Crippen LogP contribution in [0, 0.1) is 0 Å². The van der Waals surface area contributed by atoms with Crippen LogP contribution in [0.25, 0.3) is 0 Å². The number of aromatic nitrogens is 1. The largest absolute Gasteiger partial charge is 0.345 e. The summed E-state index contributed by atoms with van der Waals surface area (Å²) in [7, 11) is 0. The molecule has 13 heavy (non-hydrogen) atoms. The van der Waals surface area contributed by atoms with Crippen molar-refractivity contribution in [3.05, 3.63) is 10.4 Å². The summed E-state index contributed by atoms with van der Waals surface area (Å²) in [6.45, 7) is 5.61. The first kappa shape index (κ1) is 9.98. The molecule has 1 aromatic rings. The Kier molecular flexibility index (Phi) is 2.56. The van der Waals surface area contributed by atoms with Crippen molar-refractivity contribution in [1.29, 1.82) is 0 Å². The SMILES string of the molecule is CC(C)(C)NC(=O)c1nc([O])cs1. The van der Waals surface area contributed by atoms with E-state index < -0.39 is 0 Å². The molecule has 0 aliphatic rings. The van der Waals surface area contributed by atoms with Crippen LogP contribution in [-0.4, -0.2) is 16.4 Å². The second kappa shape index (κ2) is 3.33. The first-order chi connectivity index (χ1) is 5.88. The van der Waals surface area contributed by atoms with Crippen LogP contribution in [0.1, 0.15) is 30.6 Å². The molecule has 71 valence electrons. The van der Waals surface area contributed by atoms with Gasteiger partial charge in [0.15, 0.2) is 5.01 Å². The van der Waals surface area contributed by atoms with Crippen LogP contribution in [0.5, 0.6) is 5.88 Å². The third-order valence-corrected chi connectivity index (χ3v) is 1.99. The van der Waals surface area contributed by atoms with Gasteiger partial charge in [-0.3, -0.25) is 9.90 Å². The first-order valence-electron chi connectivity index (χ1n) is 3.83. The third-order valence-electron chi connectivity index (χ3n) is 1.17. The lowest BCUT2D eigenvalue weighted by Crippen LogP contribution is -2.40. The molecule has 0 aliphatic heterocycles. The zero-order valence-corrected chi connectivity index (χ0v) is 8.57. The molecule has 0 saturated carbocycles. The number of hydrogen-bond donors (Lipinski definition) is 1. The zero-order chi connectivity index (χ0) is 10.1. The maximum absolute atomic E-state index is 11.4. The van der Waals surface area contributed by atoms with Crippen molar-refractivity contribution in [2.45, 2.75) is 26.3 Å². The molecule has 0 saturated heterocycles. The molecule has 0 spiro atoms. The Morgan fingerprint density at radius 2 is 2.15 bits per heavy atom. The molecule has 1 N–H and O–H groups in total. The minimum absolute atomic E-state index is 0.222. The van der Waals surface area contributed by atoms with Gasteiger partial charge >= 0.3 is 0 Å². The smallest absolute Gasteiger partial charge is 0.281 e. The minimum Gasteiger partial charge on any atom is -0.345 e. The number of nitrogens with one attached hydrogen (secondary N) is 1. The highest BCUT2D eigenvalue weighted by atomic mass is 32.1. The summed E-state index contributed by atoms with van der Waals surface area (Å²) < 4.78 is 0. The molecule has 5 heteroatoms. The Morgan fingerprint density at radius 3 is 2.54 bits per heavy atom. The van der Waals surface area contributed by atoms with Gasteiger partial charge in [-0.2, -0.15) is 4.98 Å². The molecule has 1 aromatic heterocycles. The number of carbonyl (C=O) groups excluding carboxylic acids is 1. The average Bonchev–Trinajstić information content (AvgIpc) is 2.31. The number of amides is 1. The van der Waals surface area contributed by atoms with E-state index in [-0.39, 0.29) is 22.3 Å². The second-order valence-corrected chi connectivity index (χ2v) is 4.55. The van der Waals surface area contributed by atoms with Gasteiger partial charge in [-0.15, -0.1) is 11.3 Å². The fraction of sp³-hybridized carbons (Fsp3) is 0.500. The Labute approximate surface area is 80.6 Å². The molecule has 0 fully saturated rings. The molecule has 0 bridgehead atoms. The van der Waals surface area contributed by atoms with Crippen molar-refractivity contribution in [2.24, 2.45) is 0 Å². The van der Waals surface area contributed by atoms with Crippen molar-refractivity contribution in [3.8, 4) is 5.88 Å². The van der Waals surface area contributed by atoms with E-state index in [1.165, 1.54) is 5.38 Å². The molecule has 1 heterocycles. The monoisotopic (exact) mass is 199 g/mol. The second-order valence-electron chi connectivity index (χ2n) is 3.70. The number of nitrogens with zero attached hydrogens (tertiary/aromatic N) is 1. The van der Waals surface area contributed by atoms with Gasteiger partial charge in [0.2, 0.25) is 0 Å². The highest BCUT2D eigenvalue weighted by molar-refractivity contribution is 7.11. The van der Waals surface area contributed by atoms with Gasteiger partial charge in [-0.25, -0.2) is 0 Å². The Hall–Kier alpha value is -1.10. The predicted octanol–water partition coefficient (Wildman–Crippen LogP) is 1.82. The molecule has 4 nitrogen and oxygen atoms in total. The van der Waals surface area contributed by atoms with E-state index in [0.717, 1.165) is 11.3 Å². The summed E-state index contributed by atoms with van der Waals surface area (Å²) >= 11 is 1.06. The Balaban J connectivity index is 2.70. The number of rotatable bonds is 1. The number of carbonyl (C=O) groups is 1. The van der Waals surface area contributed by atoms with Crippen LogP contribution < -0.4 is 5.32 Å². The Bertz CT molecular complexity index is 314. The van der Waals surface area contributed by atoms with E-state index in [0.29, 0.717) is 0 Å². The van der Waals surface area contributed by atoms with Crippen molar-refractivity contribution in [1.82, 2.24) is 10.3 Å². The normalized spacial score (nSPS) is 11.3. The highest BCUT2D eigenvalue weighted by Crippen LogP contribution is 2.15. The topological polar surface area (TPSA) is 61.9 Å². The summed E-state index contributed by atoms with van der Waals surface area (Å²) in [4.78, 5) is 14.9. The van der Waals surface area contributed by atoms with E-state index in [2.05, 4.69) is 10.3 Å². The molecule has 1 rings (SSSR count). The van der Waals surface area contributed by atoms with Crippen molar-refractivity contribution in [3.63, 3.8) is 0 Å². The lowest BCUT2D eigenvalue weighted by atomic mass is 10.1. The van der Waals surface area contributed by atoms with Crippen LogP contribution in [0.2, 0.25) is 0 Å². The maximum Gasteiger partial charge on any atom is 0.281 e. The zero-order valence-electron chi connectivity index (χ0n) is 7.75. The molecule has 0 aromatic carbocycles. The summed E-state index contributed by atoms with van der Waals surface area (Å²) in [6, 6.07) is 0. The van der Waals surface area contributed by atoms with Gasteiger partial charge in [-0.1, -0.05) is 0 Å². The third kappa shape index (κ3) is 3.02. The maximum atomic E-state index is 11.4. The van der Waals surface area contributed by atoms with Crippen LogP contribution in [-0.2, 0) is 5.11 Å². The van der Waals surface area contributed by atoms with Gasteiger partial charge in [0, 0.05) is 5.54 Å². The van der Waals surface area contributed by atoms with Gasteiger partial charge in [-0.05, 0) is 20.8 Å². The van der Waals surface area contributed by atoms with Gasteiger partial charge in [0.05, 0.1) is 5.38 Å². The van der Waals surface area contributed by atoms with Gasteiger partial charge < -0.3 is 5.32 Å². The van der Waals surface area contributed by atoms with Crippen LogP contribution >= 0.6 is 11.3 Å². The molecule has 1 amide bonds. The fourth-order valence-electron chi connectivity index (χ4n) is 0.757. The van der Waals surface area contributed by atoms with Crippen LogP contribution in [0.15, 0.2) is 5.38 Å². The predicted molar refractivity (Wildman–Crippen MR) is 49.5 cm³/mol. The quantitative estimate of drug-likeness (QED) is 0.749. The van der Waals surface area contributed by atoms with E-state index >= 15 is 0 Å². The van der Waals surface area contributed by atoms with Crippen LogP contribution in [0.4, 0.5) is 0 Å². The van der Waals surface area contributed by atoms with Gasteiger partial charge in [0.25, 0.3) is 11.8 Å². The first-order valence-corrected chi connectivity index (χ1v) is 4.71. The standard InChI is InChI=1S/C8H11N2O2S/c1-8(2,3)10-6(12)7-9-5(11)4-13-7/h4H,1-3H3,(H,10,12). The lowest BCUT2D eigenvalue weighted by Gasteiger charge is -2.19. The van der Waals surface area contributed by atoms with E-state index in [1.807, 2.05) is 20.8 Å². The molecular formula is C8H11N2O2S. The van der Waals surface area contributed by atoms with E-state index in [1.54, 1.807) is 0 Å². The summed E-state index contributed by atoms with van der Waals surface area (Å²) in [6.07, 6.45) is 0. The highest BCUT2D eigenvalue weighted by Gasteiger charge is 2.17. The molecule has 1 radical (unpaired) electrons. The minimum atomic E-state index is -0.357. The van der Waals surface area contributed by atoms with Crippen molar-refractivity contribution in [2.75, 3.05) is 0 Å². The van der Waals surface area contributed by atoms with Crippen molar-refractivity contribution >= 4 is 17.2 Å². The summed E-state index contributed by atoms with van der Waals surface area (Å²) in [5, 5.41) is 14.9. The number of thiazole rings is 1. The van der Waals surface area contributed by atoms with Gasteiger partial charge in [0.1, 0.15) is 0 Å². The summed E-state index contributed by atoms with van der Waals surface area (Å²) in [5.41, 5.74) is -0.300. The number of hydrogen-bond acceptors (Lipinski definition) is 3. The molecule has 0 atom stereocenters.